The Morgan fingerprint density at radius 3 is 2.12 bits per heavy atom. The third-order valence-corrected chi connectivity index (χ3v) is 7.20. The predicted octanol–water partition coefficient (Wildman–Crippen LogP) is 6.95. The van der Waals surface area contributed by atoms with Crippen molar-refractivity contribution in [1.29, 1.82) is 0 Å². The first-order valence-corrected chi connectivity index (χ1v) is 11.1. The van der Waals surface area contributed by atoms with Gasteiger partial charge in [-0.15, -0.1) is 0 Å². The van der Waals surface area contributed by atoms with Crippen LogP contribution in [-0.2, 0) is 4.79 Å². The van der Waals surface area contributed by atoms with E-state index in [1.807, 2.05) is 6.08 Å². The normalized spacial score (nSPS) is 29.7. The summed E-state index contributed by atoms with van der Waals surface area (Å²) >= 11 is 3.53. The summed E-state index contributed by atoms with van der Waals surface area (Å²) in [6.45, 7) is 0. The van der Waals surface area contributed by atoms with Crippen LogP contribution in [0.15, 0.2) is 40.9 Å². The molecule has 0 heterocycles. The van der Waals surface area contributed by atoms with E-state index in [4.69, 9.17) is 5.11 Å². The molecule has 2 saturated carbocycles. The lowest BCUT2D eigenvalue weighted by atomic mass is 9.68. The molecular weight excluding hydrogens is 388 g/mol. The van der Waals surface area contributed by atoms with Crippen molar-refractivity contribution in [3.05, 3.63) is 46.5 Å². The van der Waals surface area contributed by atoms with E-state index >= 15 is 0 Å². The largest absolute Gasteiger partial charge is 0.478 e. The van der Waals surface area contributed by atoms with Gasteiger partial charge in [0.1, 0.15) is 0 Å². The summed E-state index contributed by atoms with van der Waals surface area (Å²) in [5.41, 5.74) is 1.52. The van der Waals surface area contributed by atoms with Gasteiger partial charge in [0.05, 0.1) is 0 Å². The maximum absolute atomic E-state index is 10.5. The molecule has 1 aromatic carbocycles. The SMILES string of the molecule is O=C(O)/C=C/CC[C@H]1CC[C@H]([C@H]2CC[C@H](c3ccc(Br)cc3)CC2)CC1. The number of halogens is 1. The van der Waals surface area contributed by atoms with E-state index in [0.29, 0.717) is 0 Å². The first-order valence-electron chi connectivity index (χ1n) is 10.3. The van der Waals surface area contributed by atoms with Gasteiger partial charge in [0.2, 0.25) is 0 Å². The monoisotopic (exact) mass is 418 g/mol. The van der Waals surface area contributed by atoms with Gasteiger partial charge in [-0.3, -0.25) is 0 Å². The summed E-state index contributed by atoms with van der Waals surface area (Å²) in [5, 5.41) is 8.64. The number of rotatable bonds is 6. The molecule has 3 rings (SSSR count). The van der Waals surface area contributed by atoms with Crippen molar-refractivity contribution >= 4 is 21.9 Å². The molecule has 2 aliphatic carbocycles. The second-order valence-electron chi connectivity index (χ2n) is 8.26. The quantitative estimate of drug-likeness (QED) is 0.507. The summed E-state index contributed by atoms with van der Waals surface area (Å²) in [6, 6.07) is 8.93. The number of benzene rings is 1. The number of allylic oxidation sites excluding steroid dienone is 1. The van der Waals surface area contributed by atoms with Crippen LogP contribution in [0.5, 0.6) is 0 Å². The maximum atomic E-state index is 10.5. The molecule has 2 fully saturated rings. The van der Waals surface area contributed by atoms with Crippen LogP contribution in [0.4, 0.5) is 0 Å². The molecule has 0 spiro atoms. The van der Waals surface area contributed by atoms with E-state index in [0.717, 1.165) is 36.5 Å². The fourth-order valence-electron chi connectivity index (χ4n) is 5.12. The Morgan fingerprint density at radius 1 is 0.962 bits per heavy atom. The zero-order chi connectivity index (χ0) is 18.4. The molecular formula is C23H31BrO2. The molecule has 3 heteroatoms. The van der Waals surface area contributed by atoms with E-state index in [-0.39, 0.29) is 0 Å². The molecule has 0 bridgehead atoms. The highest BCUT2D eigenvalue weighted by Crippen LogP contribution is 2.44. The first kappa shape index (κ1) is 19.7. The van der Waals surface area contributed by atoms with Crippen molar-refractivity contribution in [1.82, 2.24) is 0 Å². The number of hydrogen-bond donors (Lipinski definition) is 1. The van der Waals surface area contributed by atoms with Crippen molar-refractivity contribution in [3.63, 3.8) is 0 Å². The lowest BCUT2D eigenvalue weighted by Crippen LogP contribution is -2.25. The van der Waals surface area contributed by atoms with Gasteiger partial charge >= 0.3 is 5.97 Å². The average molecular weight is 419 g/mol. The lowest BCUT2D eigenvalue weighted by Gasteiger charge is -2.38. The van der Waals surface area contributed by atoms with Gasteiger partial charge in [-0.05, 0) is 92.7 Å². The third kappa shape index (κ3) is 5.70. The van der Waals surface area contributed by atoms with Crippen molar-refractivity contribution in [2.24, 2.45) is 17.8 Å². The molecule has 142 valence electrons. The number of hydrogen-bond acceptors (Lipinski definition) is 1. The van der Waals surface area contributed by atoms with Crippen LogP contribution in [0, 0.1) is 17.8 Å². The Labute approximate surface area is 166 Å². The molecule has 1 aromatic rings. The molecule has 0 unspecified atom stereocenters. The number of carbonyl (C=O) groups is 1. The minimum absolute atomic E-state index is 0.761. The van der Waals surface area contributed by atoms with Gasteiger partial charge in [0.25, 0.3) is 0 Å². The van der Waals surface area contributed by atoms with Crippen LogP contribution >= 0.6 is 15.9 Å². The predicted molar refractivity (Wildman–Crippen MR) is 110 cm³/mol. The Balaban J connectivity index is 1.38. The van der Waals surface area contributed by atoms with Crippen LogP contribution < -0.4 is 0 Å². The lowest BCUT2D eigenvalue weighted by molar-refractivity contribution is -0.131. The highest BCUT2D eigenvalue weighted by molar-refractivity contribution is 9.10. The topological polar surface area (TPSA) is 37.3 Å². The van der Waals surface area contributed by atoms with Crippen molar-refractivity contribution in [3.8, 4) is 0 Å². The van der Waals surface area contributed by atoms with Gasteiger partial charge in [-0.2, -0.15) is 0 Å². The Morgan fingerprint density at radius 2 is 1.54 bits per heavy atom. The minimum atomic E-state index is -0.826. The van der Waals surface area contributed by atoms with E-state index < -0.39 is 5.97 Å². The molecule has 26 heavy (non-hydrogen) atoms. The summed E-state index contributed by atoms with van der Waals surface area (Å²) in [7, 11) is 0. The van der Waals surface area contributed by atoms with E-state index in [1.54, 1.807) is 0 Å². The van der Waals surface area contributed by atoms with Crippen LogP contribution in [0.25, 0.3) is 0 Å². The fraction of sp³-hybridized carbons (Fsp3) is 0.609. The molecule has 0 radical (unpaired) electrons. The molecule has 0 amide bonds. The number of aliphatic carboxylic acids is 1. The highest BCUT2D eigenvalue weighted by atomic mass is 79.9. The zero-order valence-corrected chi connectivity index (χ0v) is 17.2. The second kappa shape index (κ2) is 9.73. The van der Waals surface area contributed by atoms with E-state index in [9.17, 15) is 4.79 Å². The number of carboxylic acid groups (broad SMARTS) is 1. The van der Waals surface area contributed by atoms with Crippen LogP contribution in [0.2, 0.25) is 0 Å². The Bertz CT molecular complexity index is 591. The molecule has 0 saturated heterocycles. The number of carboxylic acids is 1. The van der Waals surface area contributed by atoms with E-state index in [1.165, 1.54) is 67.5 Å². The van der Waals surface area contributed by atoms with Gasteiger partial charge < -0.3 is 5.11 Å². The summed E-state index contributed by atoms with van der Waals surface area (Å²) < 4.78 is 1.17. The standard InChI is InChI=1S/C23H31BrO2/c24-22-15-13-21(14-16-22)20-11-9-19(10-12-20)18-7-5-17(6-8-18)3-1-2-4-23(25)26/h2,4,13-20H,1,3,5-12H2,(H,25,26)/b4-2+/t17-,18-,19-,20-. The second-order valence-corrected chi connectivity index (χ2v) is 9.18. The fourth-order valence-corrected chi connectivity index (χ4v) is 5.39. The van der Waals surface area contributed by atoms with Gasteiger partial charge in [0, 0.05) is 10.5 Å². The minimum Gasteiger partial charge on any atom is -0.478 e. The third-order valence-electron chi connectivity index (χ3n) is 6.67. The molecule has 0 aliphatic heterocycles. The summed E-state index contributed by atoms with van der Waals surface area (Å²) in [4.78, 5) is 10.5. The molecule has 2 nitrogen and oxygen atoms in total. The Kier molecular flexibility index (Phi) is 7.36. The molecule has 2 aliphatic rings. The van der Waals surface area contributed by atoms with Crippen LogP contribution in [0.3, 0.4) is 0 Å². The maximum Gasteiger partial charge on any atom is 0.327 e. The first-order chi connectivity index (χ1) is 12.6. The summed E-state index contributed by atoms with van der Waals surface area (Å²) in [5.74, 6) is 2.62. The summed E-state index contributed by atoms with van der Waals surface area (Å²) in [6.07, 6.45) is 16.2. The van der Waals surface area contributed by atoms with Crippen LogP contribution in [-0.4, -0.2) is 11.1 Å². The van der Waals surface area contributed by atoms with Crippen molar-refractivity contribution < 1.29 is 9.90 Å². The Hall–Kier alpha value is -1.09. The smallest absolute Gasteiger partial charge is 0.327 e. The molecule has 1 N–H and O–H groups in total. The zero-order valence-electron chi connectivity index (χ0n) is 15.6. The molecule has 0 aromatic heterocycles. The highest BCUT2D eigenvalue weighted by Gasteiger charge is 2.31. The van der Waals surface area contributed by atoms with Gasteiger partial charge in [-0.1, -0.05) is 47.0 Å². The van der Waals surface area contributed by atoms with Gasteiger partial charge in [-0.25, -0.2) is 4.79 Å². The van der Waals surface area contributed by atoms with Crippen molar-refractivity contribution in [2.45, 2.75) is 70.1 Å². The molecule has 0 atom stereocenters. The van der Waals surface area contributed by atoms with Crippen LogP contribution in [0.1, 0.15) is 75.7 Å². The average Bonchev–Trinajstić information content (AvgIpc) is 2.66. The van der Waals surface area contributed by atoms with Gasteiger partial charge in [0.15, 0.2) is 0 Å². The van der Waals surface area contributed by atoms with E-state index in [2.05, 4.69) is 40.2 Å². The van der Waals surface area contributed by atoms with Crippen molar-refractivity contribution in [2.75, 3.05) is 0 Å².